The predicted molar refractivity (Wildman–Crippen MR) is 80.2 cm³/mol. The van der Waals surface area contributed by atoms with E-state index in [2.05, 4.69) is 29.0 Å². The molecule has 1 aromatic carbocycles. The number of halogens is 1. The van der Waals surface area contributed by atoms with Crippen molar-refractivity contribution in [3.05, 3.63) is 63.7 Å². The third-order valence-corrected chi connectivity index (χ3v) is 3.63. The predicted octanol–water partition coefficient (Wildman–Crippen LogP) is 3.18. The van der Waals surface area contributed by atoms with Crippen LogP contribution >= 0.6 is 11.6 Å². The number of nitrogens with zero attached hydrogens (tertiary/aromatic N) is 2. The van der Waals surface area contributed by atoms with Gasteiger partial charge in [-0.05, 0) is 17.5 Å². The second kappa shape index (κ2) is 5.13. The summed E-state index contributed by atoms with van der Waals surface area (Å²) in [5.41, 5.74) is 2.35. The summed E-state index contributed by atoms with van der Waals surface area (Å²) in [5, 5.41) is 0.526. The highest BCUT2D eigenvalue weighted by Crippen LogP contribution is 2.19. The van der Waals surface area contributed by atoms with Gasteiger partial charge in [0.2, 0.25) is 0 Å². The maximum atomic E-state index is 12.0. The van der Waals surface area contributed by atoms with Crippen molar-refractivity contribution in [3.8, 4) is 0 Å². The fraction of sp³-hybridized carbons (Fsp3) is 0.200. The van der Waals surface area contributed by atoms with Gasteiger partial charge in [-0.25, -0.2) is 9.78 Å². The van der Waals surface area contributed by atoms with E-state index < -0.39 is 0 Å². The average Bonchev–Trinajstić information content (AvgIpc) is 2.76. The summed E-state index contributed by atoms with van der Waals surface area (Å²) in [7, 11) is 0. The van der Waals surface area contributed by atoms with Gasteiger partial charge >= 0.3 is 5.69 Å². The van der Waals surface area contributed by atoms with Crippen LogP contribution in [0.3, 0.4) is 0 Å². The minimum absolute atomic E-state index is 0.155. The van der Waals surface area contributed by atoms with Gasteiger partial charge in [-0.15, -0.1) is 0 Å². The molecule has 3 aromatic rings. The zero-order valence-electron chi connectivity index (χ0n) is 11.0. The van der Waals surface area contributed by atoms with E-state index >= 15 is 0 Å². The van der Waals surface area contributed by atoms with E-state index in [4.69, 9.17) is 11.6 Å². The third-order valence-electron chi connectivity index (χ3n) is 3.42. The molecule has 1 N–H and O–H groups in total. The van der Waals surface area contributed by atoms with Gasteiger partial charge in [-0.3, -0.25) is 9.55 Å². The fourth-order valence-electron chi connectivity index (χ4n) is 2.35. The van der Waals surface area contributed by atoms with Gasteiger partial charge in [0.1, 0.15) is 0 Å². The van der Waals surface area contributed by atoms with Gasteiger partial charge < -0.3 is 0 Å². The van der Waals surface area contributed by atoms with E-state index in [9.17, 15) is 4.79 Å². The van der Waals surface area contributed by atoms with Crippen LogP contribution in [0.4, 0.5) is 0 Å². The van der Waals surface area contributed by atoms with Gasteiger partial charge in [0.05, 0.1) is 10.5 Å². The molecule has 0 amide bonds. The molecule has 0 aliphatic heterocycles. The molecule has 0 saturated heterocycles. The van der Waals surface area contributed by atoms with Crippen LogP contribution in [-0.4, -0.2) is 14.5 Å². The van der Waals surface area contributed by atoms with Crippen LogP contribution in [0.15, 0.2) is 47.4 Å². The highest BCUT2D eigenvalue weighted by atomic mass is 35.5. The van der Waals surface area contributed by atoms with E-state index in [0.717, 1.165) is 5.52 Å². The van der Waals surface area contributed by atoms with Crippen LogP contribution < -0.4 is 5.69 Å². The number of aromatic nitrogens is 3. The Morgan fingerprint density at radius 2 is 2.10 bits per heavy atom. The molecule has 4 nitrogen and oxygen atoms in total. The average molecular weight is 288 g/mol. The van der Waals surface area contributed by atoms with Crippen molar-refractivity contribution in [1.29, 1.82) is 0 Å². The first-order chi connectivity index (χ1) is 9.65. The smallest absolute Gasteiger partial charge is 0.290 e. The Balaban J connectivity index is 2.00. The molecule has 1 unspecified atom stereocenters. The van der Waals surface area contributed by atoms with Crippen LogP contribution in [0.1, 0.15) is 18.4 Å². The Morgan fingerprint density at radius 3 is 2.85 bits per heavy atom. The normalized spacial score (nSPS) is 12.7. The fourth-order valence-corrected chi connectivity index (χ4v) is 2.50. The molecule has 0 saturated carbocycles. The Kier molecular flexibility index (Phi) is 3.32. The maximum absolute atomic E-state index is 12.0. The molecule has 5 heteroatoms. The van der Waals surface area contributed by atoms with E-state index in [0.29, 0.717) is 17.2 Å². The van der Waals surface area contributed by atoms with Crippen molar-refractivity contribution in [2.45, 2.75) is 19.4 Å². The Labute approximate surface area is 121 Å². The minimum atomic E-state index is -0.155. The molecule has 3 rings (SSSR count). The van der Waals surface area contributed by atoms with Gasteiger partial charge in [0, 0.05) is 12.7 Å². The molecule has 0 fully saturated rings. The number of H-pyrrole nitrogens is 1. The summed E-state index contributed by atoms with van der Waals surface area (Å²) in [6, 6.07) is 11.9. The van der Waals surface area contributed by atoms with Crippen molar-refractivity contribution in [1.82, 2.24) is 14.5 Å². The highest BCUT2D eigenvalue weighted by Gasteiger charge is 2.12. The van der Waals surface area contributed by atoms with Crippen LogP contribution in [0.25, 0.3) is 11.2 Å². The zero-order chi connectivity index (χ0) is 14.1. The lowest BCUT2D eigenvalue weighted by atomic mass is 10.0. The second-order valence-electron chi connectivity index (χ2n) is 4.87. The highest BCUT2D eigenvalue weighted by molar-refractivity contribution is 6.31. The first kappa shape index (κ1) is 12.9. The van der Waals surface area contributed by atoms with Crippen LogP contribution in [0, 0.1) is 0 Å². The number of pyridine rings is 1. The monoisotopic (exact) mass is 287 g/mol. The summed E-state index contributed by atoms with van der Waals surface area (Å²) in [6.45, 7) is 2.68. The number of benzene rings is 1. The molecule has 0 aliphatic rings. The summed E-state index contributed by atoms with van der Waals surface area (Å²) < 4.78 is 1.69. The Morgan fingerprint density at radius 1 is 1.35 bits per heavy atom. The molecule has 0 bridgehead atoms. The van der Waals surface area contributed by atoms with Crippen molar-refractivity contribution in [3.63, 3.8) is 0 Å². The molecule has 2 aromatic heterocycles. The molecule has 0 aliphatic carbocycles. The first-order valence-corrected chi connectivity index (χ1v) is 6.82. The van der Waals surface area contributed by atoms with Gasteiger partial charge in [0.15, 0.2) is 5.65 Å². The molecular formula is C15H14ClN3O. The molecule has 102 valence electrons. The quantitative estimate of drug-likeness (QED) is 0.804. The summed E-state index contributed by atoms with van der Waals surface area (Å²) in [6.07, 6.45) is 1.53. The van der Waals surface area contributed by atoms with Crippen molar-refractivity contribution in [2.75, 3.05) is 0 Å². The number of fused-ring (bicyclic) bond motifs is 1. The van der Waals surface area contributed by atoms with E-state index in [1.54, 1.807) is 10.6 Å². The van der Waals surface area contributed by atoms with E-state index in [1.807, 2.05) is 18.2 Å². The van der Waals surface area contributed by atoms with Gasteiger partial charge in [-0.1, -0.05) is 48.9 Å². The van der Waals surface area contributed by atoms with Crippen LogP contribution in [0.5, 0.6) is 0 Å². The minimum Gasteiger partial charge on any atom is -0.290 e. The molecule has 2 heterocycles. The van der Waals surface area contributed by atoms with Gasteiger partial charge in [0.25, 0.3) is 0 Å². The lowest BCUT2D eigenvalue weighted by Crippen LogP contribution is -2.19. The van der Waals surface area contributed by atoms with Crippen LogP contribution in [0.2, 0.25) is 5.02 Å². The number of nitrogens with one attached hydrogen (secondary N) is 1. The third kappa shape index (κ3) is 2.34. The van der Waals surface area contributed by atoms with Crippen LogP contribution in [-0.2, 0) is 6.54 Å². The number of rotatable bonds is 3. The zero-order valence-corrected chi connectivity index (χ0v) is 11.8. The van der Waals surface area contributed by atoms with E-state index in [1.165, 1.54) is 11.8 Å². The molecule has 0 spiro atoms. The molecule has 1 atom stereocenters. The van der Waals surface area contributed by atoms with Gasteiger partial charge in [-0.2, -0.15) is 0 Å². The largest absolute Gasteiger partial charge is 0.327 e. The number of hydrogen-bond acceptors (Lipinski definition) is 2. The Bertz CT molecular complexity index is 792. The lowest BCUT2D eigenvalue weighted by Gasteiger charge is -2.12. The Hall–Kier alpha value is -2.07. The summed E-state index contributed by atoms with van der Waals surface area (Å²) >= 11 is 5.96. The standard InChI is InChI=1S/C15H14ClN3O/c1-10(11-5-3-2-4-6-11)9-19-13-7-12(16)8-17-14(13)18-15(19)20/h2-8,10H,9H2,1H3,(H,17,18,20). The van der Waals surface area contributed by atoms with Crippen molar-refractivity contribution >= 4 is 22.8 Å². The summed E-state index contributed by atoms with van der Waals surface area (Å²) in [4.78, 5) is 18.9. The SMILES string of the molecule is CC(Cn1c(=O)[nH]c2ncc(Cl)cc21)c1ccccc1. The van der Waals surface area contributed by atoms with E-state index in [-0.39, 0.29) is 11.6 Å². The topological polar surface area (TPSA) is 50.7 Å². The number of hydrogen-bond donors (Lipinski definition) is 1. The van der Waals surface area contributed by atoms with Crippen molar-refractivity contribution < 1.29 is 0 Å². The van der Waals surface area contributed by atoms with Crippen molar-refractivity contribution in [2.24, 2.45) is 0 Å². The number of aromatic amines is 1. The summed E-state index contributed by atoms with van der Waals surface area (Å²) in [5.74, 6) is 0.229. The second-order valence-corrected chi connectivity index (χ2v) is 5.31. The maximum Gasteiger partial charge on any atom is 0.327 e. The molecule has 0 radical (unpaired) electrons. The molecule has 20 heavy (non-hydrogen) atoms. The lowest BCUT2D eigenvalue weighted by molar-refractivity contribution is 0.595. The number of imidazole rings is 1. The first-order valence-electron chi connectivity index (χ1n) is 6.44. The molecular weight excluding hydrogens is 274 g/mol.